The lowest BCUT2D eigenvalue weighted by atomic mass is 10.1. The van der Waals surface area contributed by atoms with Gasteiger partial charge < -0.3 is 19.1 Å². The van der Waals surface area contributed by atoms with Crippen LogP contribution in [0, 0.1) is 20.8 Å². The van der Waals surface area contributed by atoms with Gasteiger partial charge in [0.1, 0.15) is 5.75 Å². The van der Waals surface area contributed by atoms with Crippen molar-refractivity contribution in [1.82, 2.24) is 14.4 Å². The Kier molecular flexibility index (Phi) is 6.82. The van der Waals surface area contributed by atoms with E-state index < -0.39 is 0 Å². The molecular formula is C27H31N3O3. The van der Waals surface area contributed by atoms with Gasteiger partial charge in [0.05, 0.1) is 0 Å². The molecule has 6 nitrogen and oxygen atoms in total. The molecule has 0 atom stereocenters. The zero-order valence-corrected chi connectivity index (χ0v) is 19.6. The van der Waals surface area contributed by atoms with Crippen molar-refractivity contribution in [3.63, 3.8) is 0 Å². The molecule has 4 rings (SSSR count). The Bertz CT molecular complexity index is 1120. The van der Waals surface area contributed by atoms with E-state index >= 15 is 0 Å². The van der Waals surface area contributed by atoms with Gasteiger partial charge in [0.2, 0.25) is 0 Å². The molecule has 6 heteroatoms. The number of rotatable bonds is 5. The Hall–Kier alpha value is -3.54. The molecule has 172 valence electrons. The van der Waals surface area contributed by atoms with Gasteiger partial charge in [0.15, 0.2) is 6.61 Å². The van der Waals surface area contributed by atoms with Crippen molar-refractivity contribution >= 4 is 11.8 Å². The average Bonchev–Trinajstić information content (AvgIpc) is 3.25. The highest BCUT2D eigenvalue weighted by molar-refractivity contribution is 5.94. The second kappa shape index (κ2) is 9.94. The Morgan fingerprint density at radius 1 is 0.818 bits per heavy atom. The Morgan fingerprint density at radius 2 is 1.45 bits per heavy atom. The third-order valence-electron chi connectivity index (χ3n) is 6.37. The van der Waals surface area contributed by atoms with Crippen molar-refractivity contribution in [3.05, 3.63) is 83.2 Å². The normalized spacial score (nSPS) is 14.2. The van der Waals surface area contributed by atoms with Crippen LogP contribution in [0.1, 0.15) is 33.5 Å². The summed E-state index contributed by atoms with van der Waals surface area (Å²) in [6.07, 6.45) is 4.70. The number of hydrogen-bond donors (Lipinski definition) is 0. The van der Waals surface area contributed by atoms with Crippen molar-refractivity contribution in [1.29, 1.82) is 0 Å². The van der Waals surface area contributed by atoms with Crippen molar-refractivity contribution < 1.29 is 14.3 Å². The highest BCUT2D eigenvalue weighted by Gasteiger charge is 2.23. The van der Waals surface area contributed by atoms with Gasteiger partial charge >= 0.3 is 0 Å². The van der Waals surface area contributed by atoms with Crippen LogP contribution >= 0.6 is 0 Å². The number of amides is 2. The number of carbonyl (C=O) groups excluding carboxylic acids is 2. The molecular weight excluding hydrogens is 414 g/mol. The van der Waals surface area contributed by atoms with E-state index in [1.54, 1.807) is 0 Å². The fourth-order valence-electron chi connectivity index (χ4n) is 4.21. The summed E-state index contributed by atoms with van der Waals surface area (Å²) in [4.78, 5) is 29.5. The molecule has 2 aromatic carbocycles. The van der Waals surface area contributed by atoms with Crippen LogP contribution in [0.3, 0.4) is 0 Å². The molecule has 2 heterocycles. The highest BCUT2D eigenvalue weighted by atomic mass is 16.5. The number of aryl methyl sites for hydroxylation is 2. The van der Waals surface area contributed by atoms with Crippen LogP contribution in [-0.2, 0) is 4.79 Å². The monoisotopic (exact) mass is 445 g/mol. The predicted octanol–water partition coefficient (Wildman–Crippen LogP) is 4.16. The van der Waals surface area contributed by atoms with Crippen LogP contribution < -0.4 is 4.74 Å². The molecule has 0 N–H and O–H groups in total. The Labute approximate surface area is 195 Å². The first kappa shape index (κ1) is 22.6. The number of ether oxygens (including phenoxy) is 1. The minimum atomic E-state index is -0.0410. The van der Waals surface area contributed by atoms with Crippen LogP contribution in [0.4, 0.5) is 0 Å². The van der Waals surface area contributed by atoms with Crippen molar-refractivity contribution in [2.45, 2.75) is 27.2 Å². The SMILES string of the molecule is Cc1ccc(C)c(OCC(=O)N2CCCN(C(=O)c3ccc(-n4cccc4)cc3)CC2)c1C. The molecule has 0 unspecified atom stereocenters. The molecule has 1 aliphatic heterocycles. The number of benzene rings is 2. The van der Waals surface area contributed by atoms with Crippen LogP contribution in [0.25, 0.3) is 5.69 Å². The van der Waals surface area contributed by atoms with E-state index in [2.05, 4.69) is 6.07 Å². The summed E-state index contributed by atoms with van der Waals surface area (Å²) in [5.74, 6) is 0.754. The van der Waals surface area contributed by atoms with E-state index in [4.69, 9.17) is 4.74 Å². The van der Waals surface area contributed by atoms with Gasteiger partial charge in [-0.15, -0.1) is 0 Å². The molecule has 0 spiro atoms. The van der Waals surface area contributed by atoms with Gasteiger partial charge in [0.25, 0.3) is 11.8 Å². The smallest absolute Gasteiger partial charge is 0.260 e. The predicted molar refractivity (Wildman–Crippen MR) is 129 cm³/mol. The van der Waals surface area contributed by atoms with Crippen LogP contribution in [0.15, 0.2) is 60.9 Å². The maximum absolute atomic E-state index is 13.0. The fraction of sp³-hybridized carbons (Fsp3) is 0.333. The Morgan fingerprint density at radius 3 is 2.18 bits per heavy atom. The summed E-state index contributed by atoms with van der Waals surface area (Å²) in [6, 6.07) is 15.7. The second-order valence-corrected chi connectivity index (χ2v) is 8.61. The largest absolute Gasteiger partial charge is 0.483 e. The maximum atomic E-state index is 13.0. The zero-order chi connectivity index (χ0) is 23.4. The van der Waals surface area contributed by atoms with Crippen LogP contribution in [0.5, 0.6) is 5.75 Å². The van der Waals surface area contributed by atoms with Gasteiger partial charge in [0, 0.05) is 49.8 Å². The second-order valence-electron chi connectivity index (χ2n) is 8.61. The van der Waals surface area contributed by atoms with Gasteiger partial charge in [-0.2, -0.15) is 0 Å². The van der Waals surface area contributed by atoms with Crippen molar-refractivity contribution in [2.24, 2.45) is 0 Å². The molecule has 0 saturated carbocycles. The third kappa shape index (κ3) is 5.11. The molecule has 3 aromatic rings. The van der Waals surface area contributed by atoms with Gasteiger partial charge in [-0.1, -0.05) is 12.1 Å². The number of aromatic nitrogens is 1. The summed E-state index contributed by atoms with van der Waals surface area (Å²) in [5.41, 5.74) is 4.93. The minimum Gasteiger partial charge on any atom is -0.483 e. The number of nitrogens with zero attached hydrogens (tertiary/aromatic N) is 3. The van der Waals surface area contributed by atoms with E-state index in [1.807, 2.05) is 90.0 Å². The minimum absolute atomic E-state index is 0.00520. The van der Waals surface area contributed by atoms with E-state index in [0.717, 1.165) is 34.5 Å². The van der Waals surface area contributed by atoms with Gasteiger partial charge in [-0.3, -0.25) is 9.59 Å². The zero-order valence-electron chi connectivity index (χ0n) is 19.6. The van der Waals surface area contributed by atoms with Crippen LogP contribution in [-0.4, -0.2) is 59.0 Å². The van der Waals surface area contributed by atoms with Crippen molar-refractivity contribution in [2.75, 3.05) is 32.8 Å². The van der Waals surface area contributed by atoms with E-state index in [9.17, 15) is 9.59 Å². The summed E-state index contributed by atoms with van der Waals surface area (Å²) in [7, 11) is 0. The molecule has 33 heavy (non-hydrogen) atoms. The highest BCUT2D eigenvalue weighted by Crippen LogP contribution is 2.25. The number of carbonyl (C=O) groups is 2. The maximum Gasteiger partial charge on any atom is 0.260 e. The van der Waals surface area contributed by atoms with Crippen LogP contribution in [0.2, 0.25) is 0 Å². The number of hydrogen-bond acceptors (Lipinski definition) is 3. The first-order chi connectivity index (χ1) is 15.9. The summed E-state index contributed by atoms with van der Waals surface area (Å²) in [5, 5.41) is 0. The summed E-state index contributed by atoms with van der Waals surface area (Å²) in [6.45, 7) is 8.37. The molecule has 0 radical (unpaired) electrons. The summed E-state index contributed by atoms with van der Waals surface area (Å²) < 4.78 is 7.92. The first-order valence-corrected chi connectivity index (χ1v) is 11.4. The van der Waals surface area contributed by atoms with Gasteiger partial charge in [-0.05, 0) is 80.3 Å². The Balaban J connectivity index is 1.34. The first-order valence-electron chi connectivity index (χ1n) is 11.4. The van der Waals surface area contributed by atoms with Crippen molar-refractivity contribution in [3.8, 4) is 11.4 Å². The molecule has 1 saturated heterocycles. The standard InChI is InChI=1S/C27H31N3O3/c1-20-7-8-21(2)26(22(20)3)33-19-25(31)29-15-6-16-30(18-17-29)27(32)23-9-11-24(12-10-23)28-13-4-5-14-28/h4-5,7-14H,6,15-19H2,1-3H3. The molecule has 0 aliphatic carbocycles. The lowest BCUT2D eigenvalue weighted by Gasteiger charge is -2.23. The van der Waals surface area contributed by atoms with E-state index in [1.165, 1.54) is 0 Å². The van der Waals surface area contributed by atoms with E-state index in [-0.39, 0.29) is 18.4 Å². The molecule has 1 aliphatic rings. The fourth-order valence-corrected chi connectivity index (χ4v) is 4.21. The molecule has 1 aromatic heterocycles. The lowest BCUT2D eigenvalue weighted by Crippen LogP contribution is -2.39. The molecule has 0 bridgehead atoms. The van der Waals surface area contributed by atoms with E-state index in [0.29, 0.717) is 31.7 Å². The third-order valence-corrected chi connectivity index (χ3v) is 6.37. The average molecular weight is 446 g/mol. The quantitative estimate of drug-likeness (QED) is 0.593. The lowest BCUT2D eigenvalue weighted by molar-refractivity contribution is -0.133. The summed E-state index contributed by atoms with van der Waals surface area (Å²) >= 11 is 0. The molecule has 1 fully saturated rings. The topological polar surface area (TPSA) is 54.8 Å². The van der Waals surface area contributed by atoms with Gasteiger partial charge in [-0.25, -0.2) is 0 Å². The molecule has 2 amide bonds.